The van der Waals surface area contributed by atoms with Gasteiger partial charge in [0.15, 0.2) is 0 Å². The summed E-state index contributed by atoms with van der Waals surface area (Å²) in [6, 6.07) is 19.9. The number of anilines is 1. The van der Waals surface area contributed by atoms with Gasteiger partial charge >= 0.3 is 0 Å². The van der Waals surface area contributed by atoms with E-state index in [0.717, 1.165) is 19.5 Å². The summed E-state index contributed by atoms with van der Waals surface area (Å²) in [7, 11) is 0. The lowest BCUT2D eigenvalue weighted by Crippen LogP contribution is -2.36. The normalized spacial score (nSPS) is 17.3. The van der Waals surface area contributed by atoms with Crippen molar-refractivity contribution in [3.63, 3.8) is 0 Å². The van der Waals surface area contributed by atoms with Gasteiger partial charge in [0.1, 0.15) is 0 Å². The maximum absolute atomic E-state index is 3.63. The first kappa shape index (κ1) is 13.2. The van der Waals surface area contributed by atoms with Crippen LogP contribution in [0.25, 0.3) is 0 Å². The molecule has 104 valence electrons. The van der Waals surface area contributed by atoms with E-state index in [0.29, 0.717) is 6.04 Å². The zero-order chi connectivity index (χ0) is 13.6. The first-order valence-corrected chi connectivity index (χ1v) is 7.51. The fourth-order valence-corrected chi connectivity index (χ4v) is 2.81. The van der Waals surface area contributed by atoms with Crippen LogP contribution in [-0.4, -0.2) is 19.1 Å². The Balaban J connectivity index is 1.42. The number of hydrogen-bond donors (Lipinski definition) is 2. The highest BCUT2D eigenvalue weighted by Gasteiger charge is 2.16. The van der Waals surface area contributed by atoms with Crippen molar-refractivity contribution >= 4 is 5.69 Å². The van der Waals surface area contributed by atoms with Crippen molar-refractivity contribution in [1.29, 1.82) is 0 Å². The van der Waals surface area contributed by atoms with Gasteiger partial charge in [0.2, 0.25) is 0 Å². The molecule has 3 rings (SSSR count). The standard InChI is InChI=1S/C18H22N2/c1-2-6-15(7-3-1)12-13-19-14-17-11-10-16-8-4-5-9-18(16)20-17/h1-9,17,19-20H,10-14H2. The van der Waals surface area contributed by atoms with Crippen LogP contribution in [0.5, 0.6) is 0 Å². The second-order valence-corrected chi connectivity index (χ2v) is 5.48. The van der Waals surface area contributed by atoms with Gasteiger partial charge in [0.25, 0.3) is 0 Å². The predicted octanol–water partition coefficient (Wildman–Crippen LogP) is 3.25. The minimum absolute atomic E-state index is 0.556. The number of para-hydroxylation sites is 1. The van der Waals surface area contributed by atoms with E-state index in [9.17, 15) is 0 Å². The van der Waals surface area contributed by atoms with Gasteiger partial charge < -0.3 is 10.6 Å². The van der Waals surface area contributed by atoms with Crippen LogP contribution in [0.3, 0.4) is 0 Å². The van der Waals surface area contributed by atoms with Crippen LogP contribution in [0.2, 0.25) is 0 Å². The third-order valence-corrected chi connectivity index (χ3v) is 3.96. The van der Waals surface area contributed by atoms with Gasteiger partial charge in [-0.25, -0.2) is 0 Å². The molecule has 0 amide bonds. The van der Waals surface area contributed by atoms with Crippen LogP contribution < -0.4 is 10.6 Å². The molecule has 1 aliphatic rings. The van der Waals surface area contributed by atoms with Gasteiger partial charge in [-0.1, -0.05) is 48.5 Å². The largest absolute Gasteiger partial charge is 0.381 e. The Bertz CT molecular complexity index is 536. The fourth-order valence-electron chi connectivity index (χ4n) is 2.81. The molecule has 0 saturated carbocycles. The lowest BCUT2D eigenvalue weighted by Gasteiger charge is -2.27. The summed E-state index contributed by atoms with van der Waals surface area (Å²) in [5.41, 5.74) is 4.17. The molecule has 0 spiro atoms. The summed E-state index contributed by atoms with van der Waals surface area (Å²) in [6.07, 6.45) is 3.51. The SMILES string of the molecule is c1ccc(CCNCC2CCc3ccccc3N2)cc1. The van der Waals surface area contributed by atoms with Gasteiger partial charge in [-0.3, -0.25) is 0 Å². The minimum atomic E-state index is 0.556. The van der Waals surface area contributed by atoms with Crippen LogP contribution in [0.15, 0.2) is 54.6 Å². The smallest absolute Gasteiger partial charge is 0.0389 e. The molecule has 0 aromatic heterocycles. The van der Waals surface area contributed by atoms with E-state index in [1.165, 1.54) is 29.7 Å². The second-order valence-electron chi connectivity index (χ2n) is 5.48. The Morgan fingerprint density at radius 2 is 1.80 bits per heavy atom. The quantitative estimate of drug-likeness (QED) is 0.812. The van der Waals surface area contributed by atoms with Gasteiger partial charge in [-0.2, -0.15) is 0 Å². The van der Waals surface area contributed by atoms with E-state index in [1.54, 1.807) is 0 Å². The molecule has 1 unspecified atom stereocenters. The molecule has 2 aromatic rings. The maximum atomic E-state index is 3.63. The van der Waals surface area contributed by atoms with Gasteiger partial charge in [0, 0.05) is 18.3 Å². The zero-order valence-corrected chi connectivity index (χ0v) is 11.8. The number of fused-ring (bicyclic) bond motifs is 1. The fraction of sp³-hybridized carbons (Fsp3) is 0.333. The van der Waals surface area contributed by atoms with Crippen molar-refractivity contribution in [1.82, 2.24) is 5.32 Å². The van der Waals surface area contributed by atoms with Crippen LogP contribution in [0.1, 0.15) is 17.5 Å². The topological polar surface area (TPSA) is 24.1 Å². The van der Waals surface area contributed by atoms with E-state index in [4.69, 9.17) is 0 Å². The van der Waals surface area contributed by atoms with E-state index in [-0.39, 0.29) is 0 Å². The number of rotatable bonds is 5. The molecule has 1 atom stereocenters. The third-order valence-electron chi connectivity index (χ3n) is 3.96. The van der Waals surface area contributed by atoms with Crippen molar-refractivity contribution in [2.45, 2.75) is 25.3 Å². The zero-order valence-electron chi connectivity index (χ0n) is 11.8. The van der Waals surface area contributed by atoms with Crippen LogP contribution in [-0.2, 0) is 12.8 Å². The van der Waals surface area contributed by atoms with Crippen molar-refractivity contribution < 1.29 is 0 Å². The highest BCUT2D eigenvalue weighted by molar-refractivity contribution is 5.53. The molecule has 2 N–H and O–H groups in total. The molecule has 1 aliphatic heterocycles. The number of nitrogens with one attached hydrogen (secondary N) is 2. The summed E-state index contributed by atoms with van der Waals surface area (Å²) < 4.78 is 0. The van der Waals surface area contributed by atoms with Crippen molar-refractivity contribution in [3.8, 4) is 0 Å². The average Bonchev–Trinajstić information content (AvgIpc) is 2.52. The lowest BCUT2D eigenvalue weighted by atomic mass is 9.98. The summed E-state index contributed by atoms with van der Waals surface area (Å²) in [4.78, 5) is 0. The van der Waals surface area contributed by atoms with E-state index in [2.05, 4.69) is 65.2 Å². The summed E-state index contributed by atoms with van der Waals surface area (Å²) >= 11 is 0. The van der Waals surface area contributed by atoms with E-state index in [1.807, 2.05) is 0 Å². The molecule has 2 heteroatoms. The minimum Gasteiger partial charge on any atom is -0.381 e. The summed E-state index contributed by atoms with van der Waals surface area (Å²) in [5.74, 6) is 0. The number of aryl methyl sites for hydroxylation is 1. The Labute approximate surface area is 121 Å². The van der Waals surface area contributed by atoms with Crippen LogP contribution in [0.4, 0.5) is 5.69 Å². The lowest BCUT2D eigenvalue weighted by molar-refractivity contribution is 0.560. The Hall–Kier alpha value is -1.80. The molecular weight excluding hydrogens is 244 g/mol. The number of benzene rings is 2. The van der Waals surface area contributed by atoms with Crippen LogP contribution in [0, 0.1) is 0 Å². The average molecular weight is 266 g/mol. The highest BCUT2D eigenvalue weighted by Crippen LogP contribution is 2.23. The molecule has 0 bridgehead atoms. The van der Waals surface area contributed by atoms with Crippen molar-refractivity contribution in [2.24, 2.45) is 0 Å². The molecule has 20 heavy (non-hydrogen) atoms. The molecule has 2 nitrogen and oxygen atoms in total. The molecule has 2 aromatic carbocycles. The summed E-state index contributed by atoms with van der Waals surface area (Å²) in [5, 5.41) is 7.21. The molecule has 0 fully saturated rings. The van der Waals surface area contributed by atoms with Crippen LogP contribution >= 0.6 is 0 Å². The molecule has 0 radical (unpaired) electrons. The monoisotopic (exact) mass is 266 g/mol. The highest BCUT2D eigenvalue weighted by atomic mass is 15.0. The van der Waals surface area contributed by atoms with Gasteiger partial charge in [-0.15, -0.1) is 0 Å². The molecule has 1 heterocycles. The molecule has 0 saturated heterocycles. The van der Waals surface area contributed by atoms with E-state index >= 15 is 0 Å². The first-order valence-electron chi connectivity index (χ1n) is 7.51. The predicted molar refractivity (Wildman–Crippen MR) is 85.2 cm³/mol. The summed E-state index contributed by atoms with van der Waals surface area (Å²) in [6.45, 7) is 2.09. The Morgan fingerprint density at radius 1 is 1.00 bits per heavy atom. The molecular formula is C18H22N2. The van der Waals surface area contributed by atoms with Gasteiger partial charge in [0.05, 0.1) is 0 Å². The van der Waals surface area contributed by atoms with Crippen molar-refractivity contribution in [2.75, 3.05) is 18.4 Å². The number of hydrogen-bond acceptors (Lipinski definition) is 2. The van der Waals surface area contributed by atoms with Crippen molar-refractivity contribution in [3.05, 3.63) is 65.7 Å². The Morgan fingerprint density at radius 3 is 2.70 bits per heavy atom. The van der Waals surface area contributed by atoms with E-state index < -0.39 is 0 Å². The first-order chi connectivity index (χ1) is 9.92. The van der Waals surface area contributed by atoms with Gasteiger partial charge in [-0.05, 0) is 43.0 Å². The third kappa shape index (κ3) is 3.40. The Kier molecular flexibility index (Phi) is 4.34. The maximum Gasteiger partial charge on any atom is 0.0389 e. The molecule has 0 aliphatic carbocycles. The second kappa shape index (κ2) is 6.58.